The van der Waals surface area contributed by atoms with E-state index in [4.69, 9.17) is 0 Å². The number of rotatable bonds is 11. The average Bonchev–Trinajstić information content (AvgIpc) is 3.03. The van der Waals surface area contributed by atoms with Crippen molar-refractivity contribution in [2.45, 2.75) is 86.6 Å². The van der Waals surface area contributed by atoms with Gasteiger partial charge in [-0.3, -0.25) is 0 Å². The SMILES string of the molecule is CCCCCC1(CCCCC)c2cc(CBr)ccc2-c2c(CBr)cc(CBr)cc21. The zero-order valence-corrected chi connectivity index (χ0v) is 22.6. The highest BCUT2D eigenvalue weighted by Gasteiger charge is 2.43. The molecule has 0 atom stereocenters. The fraction of sp³-hybridized carbons (Fsp3) is 0.538. The lowest BCUT2D eigenvalue weighted by molar-refractivity contribution is 0.405. The summed E-state index contributed by atoms with van der Waals surface area (Å²) in [5.74, 6) is 0. The maximum atomic E-state index is 3.80. The predicted octanol–water partition coefficient (Wildman–Crippen LogP) is 9.80. The van der Waals surface area contributed by atoms with Crippen molar-refractivity contribution in [3.8, 4) is 11.1 Å². The smallest absolute Gasteiger partial charge is 0.0289 e. The van der Waals surface area contributed by atoms with Crippen molar-refractivity contribution < 1.29 is 0 Å². The van der Waals surface area contributed by atoms with Crippen molar-refractivity contribution >= 4 is 47.8 Å². The molecule has 158 valence electrons. The van der Waals surface area contributed by atoms with Crippen molar-refractivity contribution in [1.29, 1.82) is 0 Å². The Hall–Kier alpha value is -0.120. The molecule has 0 fully saturated rings. The Morgan fingerprint density at radius 3 is 1.86 bits per heavy atom. The van der Waals surface area contributed by atoms with Crippen molar-refractivity contribution in [1.82, 2.24) is 0 Å². The summed E-state index contributed by atoms with van der Waals surface area (Å²) < 4.78 is 0. The van der Waals surface area contributed by atoms with Crippen LogP contribution < -0.4 is 0 Å². The average molecular weight is 585 g/mol. The quantitative estimate of drug-likeness (QED) is 0.182. The molecule has 0 radical (unpaired) electrons. The number of halogens is 3. The Labute approximate surface area is 202 Å². The number of hydrogen-bond donors (Lipinski definition) is 0. The standard InChI is InChI=1S/C26H33Br3/c1-3-5-7-11-26(12-8-6-4-2)23-14-19(16-27)9-10-22(23)25-21(18-29)13-20(17-28)15-24(25)26/h9-10,13-15H,3-8,11-12,16-18H2,1-2H3. The van der Waals surface area contributed by atoms with Gasteiger partial charge in [-0.15, -0.1) is 0 Å². The van der Waals surface area contributed by atoms with Crippen molar-refractivity contribution in [2.75, 3.05) is 0 Å². The van der Waals surface area contributed by atoms with Crippen LogP contribution in [0.3, 0.4) is 0 Å². The maximum absolute atomic E-state index is 3.80. The third-order valence-corrected chi connectivity index (χ3v) is 8.43. The fourth-order valence-corrected chi connectivity index (χ4v) is 6.21. The first-order valence-electron chi connectivity index (χ1n) is 11.1. The van der Waals surface area contributed by atoms with Crippen LogP contribution in [0.15, 0.2) is 30.3 Å². The molecule has 0 nitrogen and oxygen atoms in total. The number of hydrogen-bond acceptors (Lipinski definition) is 0. The molecule has 0 amide bonds. The van der Waals surface area contributed by atoms with E-state index < -0.39 is 0 Å². The first-order chi connectivity index (χ1) is 14.1. The number of benzene rings is 2. The third-order valence-electron chi connectivity index (χ3n) is 6.53. The number of alkyl halides is 3. The molecule has 0 aliphatic heterocycles. The van der Waals surface area contributed by atoms with Crippen molar-refractivity contribution in [3.63, 3.8) is 0 Å². The van der Waals surface area contributed by atoms with E-state index in [0.717, 1.165) is 16.0 Å². The van der Waals surface area contributed by atoms with Crippen LogP contribution in [0.1, 0.15) is 93.0 Å². The molecule has 0 saturated heterocycles. The van der Waals surface area contributed by atoms with E-state index in [-0.39, 0.29) is 5.41 Å². The summed E-state index contributed by atoms with van der Waals surface area (Å²) in [6.45, 7) is 4.63. The van der Waals surface area contributed by atoms with E-state index in [2.05, 4.69) is 92.0 Å². The van der Waals surface area contributed by atoms with Gasteiger partial charge in [-0.05, 0) is 51.8 Å². The Bertz CT molecular complexity index is 815. The van der Waals surface area contributed by atoms with Gasteiger partial charge in [0.15, 0.2) is 0 Å². The van der Waals surface area contributed by atoms with Gasteiger partial charge in [0.25, 0.3) is 0 Å². The first-order valence-corrected chi connectivity index (χ1v) is 14.5. The molecule has 3 heteroatoms. The van der Waals surface area contributed by atoms with Crippen LogP contribution in [0.5, 0.6) is 0 Å². The van der Waals surface area contributed by atoms with Gasteiger partial charge in [0.05, 0.1) is 0 Å². The van der Waals surface area contributed by atoms with Gasteiger partial charge in [0.2, 0.25) is 0 Å². The van der Waals surface area contributed by atoms with E-state index in [1.54, 1.807) is 11.1 Å². The topological polar surface area (TPSA) is 0 Å². The summed E-state index contributed by atoms with van der Waals surface area (Å²) in [6.07, 6.45) is 10.3. The second kappa shape index (κ2) is 11.0. The van der Waals surface area contributed by atoms with Gasteiger partial charge in [0, 0.05) is 21.4 Å². The molecule has 0 bridgehead atoms. The first kappa shape index (κ1) is 23.5. The number of fused-ring (bicyclic) bond motifs is 3. The van der Waals surface area contributed by atoms with Crippen LogP contribution in [0, 0.1) is 0 Å². The molecule has 1 aliphatic rings. The lowest BCUT2D eigenvalue weighted by Crippen LogP contribution is -2.26. The molecular formula is C26H33Br3. The minimum Gasteiger partial charge on any atom is -0.0876 e. The Morgan fingerprint density at radius 1 is 0.690 bits per heavy atom. The molecule has 29 heavy (non-hydrogen) atoms. The van der Waals surface area contributed by atoms with E-state index in [1.165, 1.54) is 79.2 Å². The molecule has 3 rings (SSSR count). The Kier molecular flexibility index (Phi) is 8.89. The molecule has 0 saturated carbocycles. The molecule has 2 aromatic rings. The Morgan fingerprint density at radius 2 is 1.31 bits per heavy atom. The summed E-state index contributed by atoms with van der Waals surface area (Å²) in [7, 11) is 0. The monoisotopic (exact) mass is 582 g/mol. The highest BCUT2D eigenvalue weighted by Crippen LogP contribution is 2.56. The summed E-state index contributed by atoms with van der Waals surface area (Å²) >= 11 is 11.2. The molecule has 1 aliphatic carbocycles. The van der Waals surface area contributed by atoms with E-state index in [1.807, 2.05) is 0 Å². The second-order valence-corrected chi connectivity index (χ2v) is 10.1. The molecule has 0 spiro atoms. The van der Waals surface area contributed by atoms with Crippen molar-refractivity contribution in [3.05, 3.63) is 58.1 Å². The molecular weight excluding hydrogens is 552 g/mol. The van der Waals surface area contributed by atoms with E-state index in [0.29, 0.717) is 0 Å². The van der Waals surface area contributed by atoms with Crippen LogP contribution in [-0.2, 0) is 21.4 Å². The Balaban J connectivity index is 2.24. The third kappa shape index (κ3) is 4.72. The molecule has 0 unspecified atom stereocenters. The van der Waals surface area contributed by atoms with Crippen LogP contribution in [-0.4, -0.2) is 0 Å². The highest BCUT2D eigenvalue weighted by atomic mass is 79.9. The minimum atomic E-state index is 0.169. The van der Waals surface area contributed by atoms with Gasteiger partial charge < -0.3 is 0 Å². The normalized spacial score (nSPS) is 14.1. The number of unbranched alkanes of at least 4 members (excludes halogenated alkanes) is 4. The molecule has 0 N–H and O–H groups in total. The van der Waals surface area contributed by atoms with Gasteiger partial charge in [0.1, 0.15) is 0 Å². The largest absolute Gasteiger partial charge is 0.0876 e. The van der Waals surface area contributed by atoms with Crippen molar-refractivity contribution in [2.24, 2.45) is 0 Å². The van der Waals surface area contributed by atoms with Gasteiger partial charge in [-0.2, -0.15) is 0 Å². The van der Waals surface area contributed by atoms with Crippen LogP contribution in [0.25, 0.3) is 11.1 Å². The van der Waals surface area contributed by atoms with E-state index >= 15 is 0 Å². The van der Waals surface area contributed by atoms with Gasteiger partial charge in [-0.1, -0.05) is 130 Å². The van der Waals surface area contributed by atoms with Gasteiger partial charge in [-0.25, -0.2) is 0 Å². The minimum absolute atomic E-state index is 0.169. The lowest BCUT2D eigenvalue weighted by atomic mass is 9.70. The summed E-state index contributed by atoms with van der Waals surface area (Å²) in [5.41, 5.74) is 10.6. The lowest BCUT2D eigenvalue weighted by Gasteiger charge is -2.33. The molecule has 0 heterocycles. The molecule has 0 aromatic heterocycles. The fourth-order valence-electron chi connectivity index (χ4n) is 5.10. The maximum Gasteiger partial charge on any atom is 0.0289 e. The zero-order chi connectivity index (χ0) is 20.9. The van der Waals surface area contributed by atoms with Crippen LogP contribution in [0.4, 0.5) is 0 Å². The highest BCUT2D eigenvalue weighted by molar-refractivity contribution is 9.09. The summed E-state index contributed by atoms with van der Waals surface area (Å²) in [6, 6.07) is 12.1. The molecule has 2 aromatic carbocycles. The second-order valence-electron chi connectivity index (χ2n) is 8.45. The summed E-state index contributed by atoms with van der Waals surface area (Å²) in [4.78, 5) is 0. The summed E-state index contributed by atoms with van der Waals surface area (Å²) in [5, 5.41) is 2.76. The predicted molar refractivity (Wildman–Crippen MR) is 139 cm³/mol. The van der Waals surface area contributed by atoms with Gasteiger partial charge >= 0.3 is 0 Å². The van der Waals surface area contributed by atoms with Crippen LogP contribution >= 0.6 is 47.8 Å². The van der Waals surface area contributed by atoms with E-state index in [9.17, 15) is 0 Å². The van der Waals surface area contributed by atoms with Crippen LogP contribution in [0.2, 0.25) is 0 Å². The zero-order valence-electron chi connectivity index (χ0n) is 17.8.